The Morgan fingerprint density at radius 3 is 2.48 bits per heavy atom. The number of fused-ring (bicyclic) bond motifs is 1. The zero-order chi connectivity index (χ0) is 23.5. The molecule has 2 aromatic carbocycles. The molecule has 8 heteroatoms. The molecule has 184 valence electrons. The summed E-state index contributed by atoms with van der Waals surface area (Å²) in [6.07, 6.45) is 9.13. The third kappa shape index (κ3) is 10.2. The van der Waals surface area contributed by atoms with E-state index in [0.717, 1.165) is 39.2 Å². The molecule has 2 saturated heterocycles. The van der Waals surface area contributed by atoms with Gasteiger partial charge in [-0.3, -0.25) is 0 Å². The maximum atomic E-state index is 8.88. The number of nitrogens with zero attached hydrogens (tertiary/aromatic N) is 1. The predicted octanol–water partition coefficient (Wildman–Crippen LogP) is 4.14. The fraction of sp³-hybridized carbons (Fsp3) is 0.600. The van der Waals surface area contributed by atoms with Crippen LogP contribution < -0.4 is 0 Å². The Kier molecular flexibility index (Phi) is 10.8. The van der Waals surface area contributed by atoms with E-state index in [0.29, 0.717) is 12.0 Å². The molecule has 2 fully saturated rings. The zero-order valence-corrected chi connectivity index (χ0v) is 20.2. The van der Waals surface area contributed by atoms with Crippen LogP contribution in [-0.4, -0.2) is 65.1 Å². The minimum Gasteiger partial charge on any atom is -0.380 e. The molecule has 0 aromatic heterocycles. The standard InChI is InChI=1S/C25H35NO2.H3O4P/c1-4-13-26(14-5-1)15-17-27-20-21(19-24-11-7-16-28-24)18-23-10-6-9-22-8-2-3-12-25(22)23;1-5(2,3)4/h2-3,6,8-10,12,21,24H,1,4-5,7,11,13-20H2;(H3,1,2,3,4). The SMILES string of the molecule is O=P(O)(O)O.c1ccc2c(CC(COCCN3CCCCC3)CC3CCCO3)cccc2c1. The molecule has 2 atom stereocenters. The fourth-order valence-electron chi connectivity index (χ4n) is 4.82. The van der Waals surface area contributed by atoms with Crippen molar-refractivity contribution in [3.05, 3.63) is 48.0 Å². The minimum absolute atomic E-state index is 0.422. The summed E-state index contributed by atoms with van der Waals surface area (Å²) in [6, 6.07) is 15.4. The molecule has 2 unspecified atom stereocenters. The van der Waals surface area contributed by atoms with Gasteiger partial charge in [0.05, 0.1) is 12.7 Å². The molecule has 7 nitrogen and oxygen atoms in total. The van der Waals surface area contributed by atoms with Crippen molar-refractivity contribution in [1.82, 2.24) is 4.90 Å². The summed E-state index contributed by atoms with van der Waals surface area (Å²) in [5, 5.41) is 2.72. The number of hydrogen-bond donors (Lipinski definition) is 3. The smallest absolute Gasteiger partial charge is 0.380 e. The zero-order valence-electron chi connectivity index (χ0n) is 19.3. The van der Waals surface area contributed by atoms with Crippen molar-refractivity contribution >= 4 is 18.6 Å². The van der Waals surface area contributed by atoms with Gasteiger partial charge in [0.1, 0.15) is 0 Å². The summed E-state index contributed by atoms with van der Waals surface area (Å²) >= 11 is 0. The molecular formula is C25H38NO6P. The molecule has 0 bridgehead atoms. The second kappa shape index (κ2) is 13.5. The first-order chi connectivity index (χ1) is 15.9. The monoisotopic (exact) mass is 479 g/mol. The van der Waals surface area contributed by atoms with Crippen LogP contribution in [0.25, 0.3) is 10.8 Å². The number of hydrogen-bond acceptors (Lipinski definition) is 4. The van der Waals surface area contributed by atoms with Gasteiger partial charge in [-0.25, -0.2) is 4.57 Å². The molecule has 0 aliphatic carbocycles. The number of piperidine rings is 1. The molecule has 0 radical (unpaired) electrons. The molecule has 0 amide bonds. The van der Waals surface area contributed by atoms with Crippen molar-refractivity contribution in [2.24, 2.45) is 5.92 Å². The highest BCUT2D eigenvalue weighted by atomic mass is 31.2. The van der Waals surface area contributed by atoms with Gasteiger partial charge in [0.15, 0.2) is 0 Å². The summed E-state index contributed by atoms with van der Waals surface area (Å²) in [5.41, 5.74) is 1.45. The van der Waals surface area contributed by atoms with Crippen LogP contribution in [0.15, 0.2) is 42.5 Å². The van der Waals surface area contributed by atoms with E-state index in [1.54, 1.807) is 0 Å². The Labute approximate surface area is 197 Å². The highest BCUT2D eigenvalue weighted by Crippen LogP contribution is 2.27. The van der Waals surface area contributed by atoms with Gasteiger partial charge in [0.2, 0.25) is 0 Å². The number of benzene rings is 2. The molecule has 33 heavy (non-hydrogen) atoms. The molecule has 3 N–H and O–H groups in total. The van der Waals surface area contributed by atoms with Gasteiger partial charge in [-0.1, -0.05) is 48.9 Å². The Morgan fingerprint density at radius 2 is 1.76 bits per heavy atom. The first-order valence-electron chi connectivity index (χ1n) is 12.0. The van der Waals surface area contributed by atoms with Gasteiger partial charge >= 0.3 is 7.82 Å². The number of phosphoric acid groups is 1. The van der Waals surface area contributed by atoms with E-state index in [-0.39, 0.29) is 0 Å². The summed E-state index contributed by atoms with van der Waals surface area (Å²) in [4.78, 5) is 24.1. The summed E-state index contributed by atoms with van der Waals surface area (Å²) < 4.78 is 21.0. The highest BCUT2D eigenvalue weighted by Gasteiger charge is 2.22. The highest BCUT2D eigenvalue weighted by molar-refractivity contribution is 7.45. The van der Waals surface area contributed by atoms with Crippen LogP contribution in [0.3, 0.4) is 0 Å². The van der Waals surface area contributed by atoms with Crippen molar-refractivity contribution in [1.29, 1.82) is 0 Å². The summed E-state index contributed by atoms with van der Waals surface area (Å²) in [6.45, 7) is 6.22. The van der Waals surface area contributed by atoms with Gasteiger partial charge in [0.25, 0.3) is 0 Å². The fourth-order valence-corrected chi connectivity index (χ4v) is 4.82. The largest absolute Gasteiger partial charge is 0.466 e. The second-order valence-corrected chi connectivity index (χ2v) is 10.1. The maximum absolute atomic E-state index is 8.88. The Hall–Kier alpha value is -1.31. The maximum Gasteiger partial charge on any atom is 0.466 e. The van der Waals surface area contributed by atoms with Crippen LogP contribution in [-0.2, 0) is 20.5 Å². The lowest BCUT2D eigenvalue weighted by Gasteiger charge is -2.27. The van der Waals surface area contributed by atoms with E-state index in [9.17, 15) is 0 Å². The molecule has 2 aliphatic heterocycles. The quantitative estimate of drug-likeness (QED) is 0.367. The third-order valence-corrected chi connectivity index (χ3v) is 6.36. The lowest BCUT2D eigenvalue weighted by atomic mass is 9.91. The Balaban J connectivity index is 0.000000555. The number of likely N-dealkylation sites (tertiary alicyclic amines) is 1. The lowest BCUT2D eigenvalue weighted by Crippen LogP contribution is -2.33. The van der Waals surface area contributed by atoms with Crippen molar-refractivity contribution in [2.75, 3.05) is 39.5 Å². The molecule has 2 aliphatic rings. The van der Waals surface area contributed by atoms with Crippen LogP contribution in [0.1, 0.15) is 44.1 Å². The van der Waals surface area contributed by atoms with Gasteiger partial charge < -0.3 is 29.1 Å². The van der Waals surface area contributed by atoms with Gasteiger partial charge in [0, 0.05) is 19.8 Å². The van der Waals surface area contributed by atoms with Crippen molar-refractivity contribution in [2.45, 2.75) is 51.0 Å². The molecule has 0 spiro atoms. The normalized spacial score (nSPS) is 20.4. The summed E-state index contributed by atoms with van der Waals surface area (Å²) in [5.74, 6) is 0.523. The van der Waals surface area contributed by atoms with Crippen LogP contribution in [0.4, 0.5) is 0 Å². The molecule has 0 saturated carbocycles. The minimum atomic E-state index is -4.64. The predicted molar refractivity (Wildman–Crippen MR) is 130 cm³/mol. The van der Waals surface area contributed by atoms with Gasteiger partial charge in [-0.15, -0.1) is 0 Å². The van der Waals surface area contributed by atoms with E-state index in [2.05, 4.69) is 47.4 Å². The Bertz CT molecular complexity index is 863. The van der Waals surface area contributed by atoms with E-state index in [1.807, 2.05) is 0 Å². The van der Waals surface area contributed by atoms with Crippen LogP contribution >= 0.6 is 7.82 Å². The molecule has 2 aromatic rings. The average molecular weight is 480 g/mol. The second-order valence-electron chi connectivity index (χ2n) is 9.07. The van der Waals surface area contributed by atoms with Gasteiger partial charge in [-0.2, -0.15) is 0 Å². The topological polar surface area (TPSA) is 99.5 Å². The molecular weight excluding hydrogens is 441 g/mol. The third-order valence-electron chi connectivity index (χ3n) is 6.36. The van der Waals surface area contributed by atoms with Crippen molar-refractivity contribution in [3.63, 3.8) is 0 Å². The van der Waals surface area contributed by atoms with Crippen LogP contribution in [0.2, 0.25) is 0 Å². The van der Waals surface area contributed by atoms with Crippen LogP contribution in [0, 0.1) is 5.92 Å². The first kappa shape index (κ1) is 26.3. The van der Waals surface area contributed by atoms with E-state index in [1.165, 1.54) is 61.5 Å². The number of ether oxygens (including phenoxy) is 2. The van der Waals surface area contributed by atoms with E-state index >= 15 is 0 Å². The average Bonchev–Trinajstić information content (AvgIpc) is 3.30. The molecule has 4 rings (SSSR count). The van der Waals surface area contributed by atoms with Gasteiger partial charge in [-0.05, 0) is 73.9 Å². The van der Waals surface area contributed by atoms with E-state index < -0.39 is 7.82 Å². The lowest BCUT2D eigenvalue weighted by molar-refractivity contribution is 0.0418. The summed E-state index contributed by atoms with van der Waals surface area (Å²) in [7, 11) is -4.64. The first-order valence-corrected chi connectivity index (χ1v) is 13.6. The van der Waals surface area contributed by atoms with Crippen LogP contribution in [0.5, 0.6) is 0 Å². The van der Waals surface area contributed by atoms with Crippen molar-refractivity contribution < 1.29 is 28.7 Å². The Morgan fingerprint density at radius 1 is 1.03 bits per heavy atom. The van der Waals surface area contributed by atoms with E-state index in [4.69, 9.17) is 28.7 Å². The number of rotatable bonds is 9. The molecule has 2 heterocycles. The van der Waals surface area contributed by atoms with Crippen molar-refractivity contribution in [3.8, 4) is 0 Å².